The molecule has 5 atom stereocenters. The molecular formula is C90H93ClFN4O13P. The summed E-state index contributed by atoms with van der Waals surface area (Å²) in [6.45, 7) is 40.7. The molecule has 0 radical (unpaired) electrons. The largest absolute Gasteiger partial charge is 0.496 e. The summed E-state index contributed by atoms with van der Waals surface area (Å²) in [6, 6.07) is 45.7. The van der Waals surface area contributed by atoms with Gasteiger partial charge in [-0.2, -0.15) is 0 Å². The third kappa shape index (κ3) is 16.2. The van der Waals surface area contributed by atoms with Gasteiger partial charge >= 0.3 is 13.6 Å². The van der Waals surface area contributed by atoms with E-state index in [0.717, 1.165) is 135 Å². The number of halogens is 2. The Morgan fingerprint density at radius 1 is 0.409 bits per heavy atom. The Balaban J connectivity index is 0.000000158. The maximum Gasteiger partial charge on any atom is 0.376 e. The first-order valence-electron chi connectivity index (χ1n) is 35.6. The van der Waals surface area contributed by atoms with Gasteiger partial charge in [0, 0.05) is 81.0 Å². The zero-order valence-electron chi connectivity index (χ0n) is 65.6. The van der Waals surface area contributed by atoms with Crippen molar-refractivity contribution >= 4 is 71.5 Å². The Bertz CT molecular complexity index is 5160. The maximum absolute atomic E-state index is 13.9. The number of benzene rings is 9. The van der Waals surface area contributed by atoms with Gasteiger partial charge in [0.1, 0.15) is 34.6 Å². The van der Waals surface area contributed by atoms with E-state index in [9.17, 15) is 32.9 Å². The number of nitrogens with zero attached hydrogens (tertiary/aromatic N) is 4. The zero-order chi connectivity index (χ0) is 80.4. The van der Waals surface area contributed by atoms with E-state index >= 15 is 0 Å². The second-order valence-electron chi connectivity index (χ2n) is 28.0. The molecule has 13 rings (SSSR count). The summed E-state index contributed by atoms with van der Waals surface area (Å²) in [7, 11) is 4.44. The minimum atomic E-state index is -3.39. The Labute approximate surface area is 649 Å². The van der Waals surface area contributed by atoms with Gasteiger partial charge in [0.25, 0.3) is 23.6 Å². The topological polar surface area (TPSA) is 180 Å². The van der Waals surface area contributed by atoms with Crippen LogP contribution in [0.5, 0.6) is 28.7 Å². The number of methoxy groups -OCH3 is 5. The van der Waals surface area contributed by atoms with Crippen molar-refractivity contribution in [1.82, 2.24) is 0 Å². The maximum atomic E-state index is 13.9. The number of carbonyl (C=O) groups is 5. The summed E-state index contributed by atoms with van der Waals surface area (Å²) in [5, 5.41) is 0.692. The van der Waals surface area contributed by atoms with Crippen LogP contribution in [-0.2, 0) is 39.6 Å². The van der Waals surface area contributed by atoms with Gasteiger partial charge in [0.2, 0.25) is 0 Å². The Morgan fingerprint density at radius 2 is 0.736 bits per heavy atom. The molecule has 0 aliphatic carbocycles. The summed E-state index contributed by atoms with van der Waals surface area (Å²) < 4.78 is 65.2. The second-order valence-corrected chi connectivity index (χ2v) is 30.4. The predicted molar refractivity (Wildman–Crippen MR) is 434 cm³/mol. The minimum absolute atomic E-state index is 0.0676. The van der Waals surface area contributed by atoms with E-state index in [1.54, 1.807) is 67.1 Å². The lowest BCUT2D eigenvalue weighted by Gasteiger charge is -2.43. The quantitative estimate of drug-likeness (QED) is 0.0343. The van der Waals surface area contributed by atoms with Gasteiger partial charge in [0.05, 0.1) is 71.9 Å². The number of anilines is 4. The molecule has 17 nitrogen and oxygen atoms in total. The van der Waals surface area contributed by atoms with Crippen molar-refractivity contribution in [2.45, 2.75) is 114 Å². The first-order chi connectivity index (χ1) is 52.1. The van der Waals surface area contributed by atoms with Crippen molar-refractivity contribution in [3.05, 3.63) is 311 Å². The van der Waals surface area contributed by atoms with Gasteiger partial charge < -0.3 is 28.2 Å². The fourth-order valence-corrected chi connectivity index (χ4v) is 14.8. The molecular weight excluding hydrogens is 1430 g/mol. The van der Waals surface area contributed by atoms with Gasteiger partial charge in [-0.15, -0.1) is 0 Å². The molecule has 4 amide bonds. The molecule has 9 aromatic carbocycles. The highest BCUT2D eigenvalue weighted by Gasteiger charge is 2.47. The van der Waals surface area contributed by atoms with Gasteiger partial charge in [0.15, 0.2) is 0 Å². The molecule has 4 saturated heterocycles. The van der Waals surface area contributed by atoms with E-state index in [4.69, 9.17) is 44.3 Å². The highest BCUT2D eigenvalue weighted by Crippen LogP contribution is 2.51. The van der Waals surface area contributed by atoms with Gasteiger partial charge in [-0.25, -0.2) is 13.8 Å². The van der Waals surface area contributed by atoms with E-state index in [1.807, 2.05) is 210 Å². The number of hydrogen-bond acceptors (Lipinski definition) is 13. The van der Waals surface area contributed by atoms with Crippen LogP contribution in [-0.4, -0.2) is 71.8 Å². The predicted octanol–water partition coefficient (Wildman–Crippen LogP) is 20.1. The number of ether oxygens (including phenoxy) is 5. The van der Waals surface area contributed by atoms with Crippen LogP contribution in [0, 0.1) is 88.9 Å². The molecule has 1 unspecified atom stereocenters. The number of amides is 4. The third-order valence-electron chi connectivity index (χ3n) is 20.8. The first kappa shape index (κ1) is 81.2. The smallest absolute Gasteiger partial charge is 0.376 e. The molecule has 0 bridgehead atoms. The molecule has 110 heavy (non-hydrogen) atoms. The molecule has 9 aromatic rings. The lowest BCUT2D eigenvalue weighted by atomic mass is 9.86. The van der Waals surface area contributed by atoms with Crippen molar-refractivity contribution in [2.24, 2.45) is 0 Å². The molecule has 0 N–H and O–H groups in total. The molecule has 4 fully saturated rings. The van der Waals surface area contributed by atoms with Gasteiger partial charge in [-0.05, 0) is 226 Å². The average Bonchev–Trinajstić information content (AvgIpc) is 0.755. The van der Waals surface area contributed by atoms with Crippen LogP contribution in [0.25, 0.3) is 0 Å². The summed E-state index contributed by atoms with van der Waals surface area (Å²) in [4.78, 5) is 69.0. The SMILES string of the molecule is C=C1C(=O)N(c2cc(C)c(C)c(OC)c2)[C@H]1c1ccc(C)c(C(=O)OC)c1.C=C1C(=O)N(c2cc(C)c(C)c(OC)c2)[C@H]1c1ccc(C)c(Cl)c1.C=C1C(=O)N(c2cc(C)c(C)c(OC)c2)[C@H]1c1ccc(C)c(F)c1.C=C1C(=O)N(c2cc(C)c(C)c(OC)c2)[C@H]1c1ccc(C)c(OP(C)(=O)OCc2ccccc2)c1. The number of rotatable bonds is 18. The van der Waals surface area contributed by atoms with Crippen molar-refractivity contribution in [3.8, 4) is 28.7 Å². The molecule has 20 heteroatoms. The highest BCUT2D eigenvalue weighted by molar-refractivity contribution is 7.53. The summed E-state index contributed by atoms with van der Waals surface area (Å²) >= 11 is 6.26. The first-order valence-corrected chi connectivity index (χ1v) is 37.9. The van der Waals surface area contributed by atoms with E-state index in [1.165, 1.54) is 19.8 Å². The van der Waals surface area contributed by atoms with Crippen molar-refractivity contribution in [2.75, 3.05) is 61.8 Å². The Hall–Kier alpha value is -11.3. The fraction of sp³-hybridized carbons (Fsp3) is 0.256. The Morgan fingerprint density at radius 3 is 1.08 bits per heavy atom. The van der Waals surface area contributed by atoms with Gasteiger partial charge in [-0.3, -0.25) is 43.3 Å². The van der Waals surface area contributed by atoms with Gasteiger partial charge in [-0.1, -0.05) is 117 Å². The van der Waals surface area contributed by atoms with E-state index in [-0.39, 0.29) is 60.2 Å². The summed E-state index contributed by atoms with van der Waals surface area (Å²) in [5.74, 6) is 2.23. The Kier molecular flexibility index (Phi) is 24.6. The summed E-state index contributed by atoms with van der Waals surface area (Å²) in [5.41, 5.74) is 21.3. The van der Waals surface area contributed by atoms with Crippen LogP contribution in [0.3, 0.4) is 0 Å². The molecule has 570 valence electrons. The number of β-lactam (4-membered cyclic amide) rings is 4. The zero-order valence-corrected chi connectivity index (χ0v) is 67.2. The van der Waals surface area contributed by atoms with E-state index in [0.29, 0.717) is 44.2 Å². The third-order valence-corrected chi connectivity index (χ3v) is 22.4. The number of aryl methyl sites for hydroxylation is 8. The van der Waals surface area contributed by atoms with Crippen LogP contribution in [0.1, 0.15) is 129 Å². The van der Waals surface area contributed by atoms with Crippen LogP contribution >= 0.6 is 19.2 Å². The standard InChI is InChI=1S/C28H30NO5P.C22H23NO4.C20H20ClNO2.C20H20FNO2/c1-18-12-13-23(15-25(18)34-35(6,31)33-17-22-10-8-7-9-11-22)27-21(4)28(30)29(27)24-14-19(2)20(3)26(16-24)32-5;1-12-7-8-16(10-18(12)22(25)27-6)20-15(4)21(24)23(20)17-9-13(2)14(3)19(11-17)26-5;2*1-11-6-7-15(9-17(11)21)19-14(4)20(23)22(19)16-8-12(2)13(3)18(10-16)24-5/h7-16,27H,4,17H2,1-3,5-6H3;7-11,20H,4H2,1-3,5-6H3;2*6-10,19H,4H2,1-3,5H3/t27-,35?;20-;2*19-/m1111/s1. The lowest BCUT2D eigenvalue weighted by molar-refractivity contribution is -0.119. The average molecular weight is 1520 g/mol. The number of esters is 1. The van der Waals surface area contributed by atoms with Crippen LogP contribution in [0.4, 0.5) is 27.1 Å². The fourth-order valence-electron chi connectivity index (χ4n) is 13.6. The van der Waals surface area contributed by atoms with E-state index < -0.39 is 13.6 Å². The van der Waals surface area contributed by atoms with Crippen LogP contribution < -0.4 is 43.1 Å². The van der Waals surface area contributed by atoms with Crippen molar-refractivity contribution < 1.29 is 65.7 Å². The minimum Gasteiger partial charge on any atom is -0.496 e. The van der Waals surface area contributed by atoms with Crippen molar-refractivity contribution in [3.63, 3.8) is 0 Å². The van der Waals surface area contributed by atoms with Crippen LogP contribution in [0.2, 0.25) is 5.02 Å². The number of hydrogen-bond donors (Lipinski definition) is 0. The molecule has 4 aliphatic heterocycles. The molecule has 4 heterocycles. The number of carbonyl (C=O) groups excluding carboxylic acids is 5. The van der Waals surface area contributed by atoms with Crippen LogP contribution in [0.15, 0.2) is 200 Å². The van der Waals surface area contributed by atoms with Crippen molar-refractivity contribution in [1.29, 1.82) is 0 Å². The summed E-state index contributed by atoms with van der Waals surface area (Å²) in [6.07, 6.45) is 0. The van der Waals surface area contributed by atoms with E-state index in [2.05, 4.69) is 26.3 Å². The molecule has 0 aromatic heterocycles. The normalized spacial score (nSPS) is 16.8. The monoisotopic (exact) mass is 1520 g/mol. The molecule has 0 spiro atoms. The highest BCUT2D eigenvalue weighted by atomic mass is 35.5. The molecule has 0 saturated carbocycles. The second kappa shape index (κ2) is 33.3. The lowest BCUT2D eigenvalue weighted by Crippen LogP contribution is -2.49. The molecule has 4 aliphatic rings.